The van der Waals surface area contributed by atoms with Gasteiger partial charge >= 0.3 is 0 Å². The largest absolute Gasteiger partial charge is 0.497 e. The molecule has 4 heterocycles. The number of thiophene rings is 2. The maximum absolute atomic E-state index is 5.43. The van der Waals surface area contributed by atoms with Crippen molar-refractivity contribution in [2.24, 2.45) is 0 Å². The van der Waals surface area contributed by atoms with E-state index in [1.54, 1.807) is 42.2 Å². The van der Waals surface area contributed by atoms with Gasteiger partial charge in [0.1, 0.15) is 5.75 Å². The molecule has 0 bridgehead atoms. The van der Waals surface area contributed by atoms with Crippen molar-refractivity contribution in [2.45, 2.75) is 0 Å². The predicted octanol–water partition coefficient (Wildman–Crippen LogP) is 6.53. The van der Waals surface area contributed by atoms with Gasteiger partial charge in [-0.05, 0) is 70.7 Å². The SMILES string of the molecule is COc1ccc2c(c1)cc(-c1cc3cc4sccc4cc3s1)n2-c1ncccn1. The predicted molar refractivity (Wildman–Crippen MR) is 122 cm³/mol. The smallest absolute Gasteiger partial charge is 0.234 e. The van der Waals surface area contributed by atoms with Crippen LogP contribution in [-0.2, 0) is 0 Å². The molecule has 0 saturated carbocycles. The molecule has 0 aliphatic heterocycles. The fraction of sp³-hybridized carbons (Fsp3) is 0.0435. The average Bonchev–Trinajstić information content (AvgIpc) is 3.47. The van der Waals surface area contributed by atoms with E-state index in [0.29, 0.717) is 5.95 Å². The molecule has 2 aromatic carbocycles. The Morgan fingerprint density at radius 2 is 1.72 bits per heavy atom. The van der Waals surface area contributed by atoms with Gasteiger partial charge in [-0.15, -0.1) is 22.7 Å². The first-order valence-electron chi connectivity index (χ1n) is 9.18. The highest BCUT2D eigenvalue weighted by molar-refractivity contribution is 7.22. The zero-order chi connectivity index (χ0) is 19.4. The molecule has 140 valence electrons. The molecule has 6 aromatic rings. The van der Waals surface area contributed by atoms with Crippen LogP contribution in [-0.4, -0.2) is 21.6 Å². The lowest BCUT2D eigenvalue weighted by Gasteiger charge is -2.07. The standard InChI is InChI=1S/C23H15N3OS2/c1-27-17-3-4-18-15(9-17)10-19(26(18)23-24-6-2-7-25-23)22-13-16-12-20-14(5-8-28-20)11-21(16)29-22/h2-13H,1H3. The van der Waals surface area contributed by atoms with Crippen molar-refractivity contribution < 1.29 is 4.74 Å². The number of hydrogen-bond donors (Lipinski definition) is 0. The Balaban J connectivity index is 1.64. The Morgan fingerprint density at radius 1 is 0.862 bits per heavy atom. The molecule has 29 heavy (non-hydrogen) atoms. The molecule has 0 radical (unpaired) electrons. The van der Waals surface area contributed by atoms with Crippen molar-refractivity contribution in [3.05, 3.63) is 72.4 Å². The Morgan fingerprint density at radius 3 is 2.59 bits per heavy atom. The van der Waals surface area contributed by atoms with Gasteiger partial charge in [0.15, 0.2) is 0 Å². The molecule has 6 rings (SSSR count). The van der Waals surface area contributed by atoms with Crippen LogP contribution in [0, 0.1) is 0 Å². The van der Waals surface area contributed by atoms with E-state index in [4.69, 9.17) is 4.74 Å². The number of benzene rings is 2. The quantitative estimate of drug-likeness (QED) is 0.331. The summed E-state index contributed by atoms with van der Waals surface area (Å²) in [5.41, 5.74) is 2.15. The summed E-state index contributed by atoms with van der Waals surface area (Å²) in [6, 6.07) is 19.1. The monoisotopic (exact) mass is 413 g/mol. The van der Waals surface area contributed by atoms with E-state index in [2.05, 4.69) is 62.4 Å². The summed E-state index contributed by atoms with van der Waals surface area (Å²) in [6.45, 7) is 0. The fourth-order valence-corrected chi connectivity index (χ4v) is 5.66. The van der Waals surface area contributed by atoms with Crippen LogP contribution in [0.15, 0.2) is 72.4 Å². The molecule has 0 aliphatic carbocycles. The van der Waals surface area contributed by atoms with Crippen LogP contribution in [0.25, 0.3) is 47.6 Å². The zero-order valence-electron chi connectivity index (χ0n) is 15.5. The summed E-state index contributed by atoms with van der Waals surface area (Å²) in [6.07, 6.45) is 3.56. The lowest BCUT2D eigenvalue weighted by molar-refractivity contribution is 0.415. The Kier molecular flexibility index (Phi) is 3.69. The number of methoxy groups -OCH3 is 1. The van der Waals surface area contributed by atoms with E-state index in [9.17, 15) is 0 Å². The van der Waals surface area contributed by atoms with Gasteiger partial charge < -0.3 is 4.74 Å². The van der Waals surface area contributed by atoms with Crippen LogP contribution in [0.4, 0.5) is 0 Å². The van der Waals surface area contributed by atoms with Gasteiger partial charge in [-0.3, -0.25) is 4.57 Å². The molecule has 0 N–H and O–H groups in total. The molecular weight excluding hydrogens is 398 g/mol. The lowest BCUT2D eigenvalue weighted by atomic mass is 10.2. The van der Waals surface area contributed by atoms with Gasteiger partial charge in [0.05, 0.1) is 23.2 Å². The van der Waals surface area contributed by atoms with Crippen LogP contribution in [0.3, 0.4) is 0 Å². The molecule has 0 unspecified atom stereocenters. The second kappa shape index (κ2) is 6.40. The molecule has 0 atom stereocenters. The molecule has 0 saturated heterocycles. The average molecular weight is 414 g/mol. The van der Waals surface area contributed by atoms with Gasteiger partial charge in [-0.2, -0.15) is 0 Å². The minimum atomic E-state index is 0.668. The maximum Gasteiger partial charge on any atom is 0.234 e. The number of hydrogen-bond acceptors (Lipinski definition) is 5. The maximum atomic E-state index is 5.43. The zero-order valence-corrected chi connectivity index (χ0v) is 17.1. The normalized spacial score (nSPS) is 11.6. The summed E-state index contributed by atoms with van der Waals surface area (Å²) in [4.78, 5) is 10.2. The third-order valence-electron chi connectivity index (χ3n) is 5.10. The minimum absolute atomic E-state index is 0.668. The Labute approximate surface area is 174 Å². The molecule has 0 amide bonds. The van der Waals surface area contributed by atoms with Crippen LogP contribution < -0.4 is 4.74 Å². The first-order valence-corrected chi connectivity index (χ1v) is 10.9. The van der Waals surface area contributed by atoms with E-state index in [1.165, 1.54) is 25.0 Å². The third-order valence-corrected chi connectivity index (χ3v) is 7.10. The highest BCUT2D eigenvalue weighted by Crippen LogP contribution is 2.40. The van der Waals surface area contributed by atoms with Gasteiger partial charge in [-0.1, -0.05) is 0 Å². The second-order valence-electron chi connectivity index (χ2n) is 6.80. The highest BCUT2D eigenvalue weighted by Gasteiger charge is 2.17. The summed E-state index contributed by atoms with van der Waals surface area (Å²) in [5, 5.41) is 5.81. The Bertz CT molecular complexity index is 1450. The molecule has 0 aliphatic rings. The lowest BCUT2D eigenvalue weighted by Crippen LogP contribution is -2.01. The van der Waals surface area contributed by atoms with Gasteiger partial charge in [-0.25, -0.2) is 9.97 Å². The molecule has 4 nitrogen and oxygen atoms in total. The van der Waals surface area contributed by atoms with Crippen molar-refractivity contribution in [1.29, 1.82) is 0 Å². The Hall–Kier alpha value is -3.22. The van der Waals surface area contributed by atoms with Crippen LogP contribution >= 0.6 is 22.7 Å². The number of ether oxygens (including phenoxy) is 1. The van der Waals surface area contributed by atoms with E-state index in [-0.39, 0.29) is 0 Å². The van der Waals surface area contributed by atoms with E-state index < -0.39 is 0 Å². The van der Waals surface area contributed by atoms with Crippen molar-refractivity contribution in [3.8, 4) is 22.3 Å². The second-order valence-corrected chi connectivity index (χ2v) is 8.83. The van der Waals surface area contributed by atoms with E-state index in [0.717, 1.165) is 22.3 Å². The molecule has 4 aromatic heterocycles. The van der Waals surface area contributed by atoms with Crippen molar-refractivity contribution >= 4 is 53.7 Å². The van der Waals surface area contributed by atoms with Crippen molar-refractivity contribution in [2.75, 3.05) is 7.11 Å². The molecule has 6 heteroatoms. The molecule has 0 fully saturated rings. The highest BCUT2D eigenvalue weighted by atomic mass is 32.1. The number of fused-ring (bicyclic) bond motifs is 3. The first-order chi connectivity index (χ1) is 14.3. The summed E-state index contributed by atoms with van der Waals surface area (Å²) >= 11 is 3.58. The molecule has 0 spiro atoms. The van der Waals surface area contributed by atoms with Gasteiger partial charge in [0.25, 0.3) is 0 Å². The van der Waals surface area contributed by atoms with Gasteiger partial charge in [0.2, 0.25) is 5.95 Å². The van der Waals surface area contributed by atoms with Gasteiger partial charge in [0, 0.05) is 27.2 Å². The topological polar surface area (TPSA) is 39.9 Å². The summed E-state index contributed by atoms with van der Waals surface area (Å²) in [7, 11) is 1.69. The van der Waals surface area contributed by atoms with Crippen LogP contribution in [0.2, 0.25) is 0 Å². The first kappa shape index (κ1) is 16.7. The van der Waals surface area contributed by atoms with E-state index >= 15 is 0 Å². The third kappa shape index (κ3) is 2.64. The van der Waals surface area contributed by atoms with Crippen molar-refractivity contribution in [3.63, 3.8) is 0 Å². The summed E-state index contributed by atoms with van der Waals surface area (Å²) in [5.74, 6) is 1.51. The summed E-state index contributed by atoms with van der Waals surface area (Å²) < 4.78 is 10.2. The molecular formula is C23H15N3OS2. The number of nitrogens with zero attached hydrogens (tertiary/aromatic N) is 3. The van der Waals surface area contributed by atoms with Crippen LogP contribution in [0.5, 0.6) is 5.75 Å². The number of rotatable bonds is 3. The minimum Gasteiger partial charge on any atom is -0.497 e. The number of aromatic nitrogens is 3. The fourth-order valence-electron chi connectivity index (χ4n) is 3.74. The van der Waals surface area contributed by atoms with Crippen molar-refractivity contribution in [1.82, 2.24) is 14.5 Å². The van der Waals surface area contributed by atoms with Crippen LogP contribution in [0.1, 0.15) is 0 Å². The van der Waals surface area contributed by atoms with E-state index in [1.807, 2.05) is 12.1 Å².